The minimum atomic E-state index is -0.915. The molecule has 0 amide bonds. The van der Waals surface area contributed by atoms with E-state index >= 15 is 0 Å². The summed E-state index contributed by atoms with van der Waals surface area (Å²) in [6.07, 6.45) is 3.31. The molecule has 2 aromatic rings. The first-order chi connectivity index (χ1) is 7.58. The van der Waals surface area contributed by atoms with Crippen LogP contribution in [0.4, 0.5) is 0 Å². The Labute approximate surface area is 91.3 Å². The van der Waals surface area contributed by atoms with E-state index in [4.69, 9.17) is 5.11 Å². The van der Waals surface area contributed by atoms with Crippen LogP contribution < -0.4 is 0 Å². The molecular formula is C9H11N5O2. The summed E-state index contributed by atoms with van der Waals surface area (Å²) in [7, 11) is 1.80. The zero-order valence-electron chi connectivity index (χ0n) is 8.95. The first-order valence-electron chi connectivity index (χ1n) is 4.70. The molecule has 1 N–H and O–H groups in total. The predicted molar refractivity (Wildman–Crippen MR) is 54.2 cm³/mol. The molecule has 0 bridgehead atoms. The van der Waals surface area contributed by atoms with Gasteiger partial charge >= 0.3 is 5.97 Å². The standard InChI is InChI=1S/C9H11N5O2/c1-6-8(3-9(15)16)11-12-14(6)7-4-10-13(2)5-7/h4-5H,3H2,1-2H3,(H,15,16). The first-order valence-corrected chi connectivity index (χ1v) is 4.70. The van der Waals surface area contributed by atoms with Crippen LogP contribution in [0.25, 0.3) is 5.69 Å². The van der Waals surface area contributed by atoms with Crippen molar-refractivity contribution in [3.05, 3.63) is 23.8 Å². The van der Waals surface area contributed by atoms with E-state index in [-0.39, 0.29) is 6.42 Å². The largest absolute Gasteiger partial charge is 0.481 e. The number of aromatic nitrogens is 5. The van der Waals surface area contributed by atoms with Gasteiger partial charge in [0.2, 0.25) is 0 Å². The Hall–Kier alpha value is -2.18. The summed E-state index contributed by atoms with van der Waals surface area (Å²) in [6, 6.07) is 0. The molecule has 0 atom stereocenters. The number of carbonyl (C=O) groups is 1. The minimum Gasteiger partial charge on any atom is -0.481 e. The maximum absolute atomic E-state index is 10.6. The molecule has 0 aliphatic rings. The van der Waals surface area contributed by atoms with Gasteiger partial charge in [-0.15, -0.1) is 5.10 Å². The second-order valence-corrected chi connectivity index (χ2v) is 3.48. The van der Waals surface area contributed by atoms with Crippen molar-refractivity contribution in [3.63, 3.8) is 0 Å². The van der Waals surface area contributed by atoms with Gasteiger partial charge in [-0.05, 0) is 6.92 Å². The smallest absolute Gasteiger partial charge is 0.309 e. The molecule has 0 unspecified atom stereocenters. The summed E-state index contributed by atoms with van der Waals surface area (Å²) < 4.78 is 3.22. The van der Waals surface area contributed by atoms with Crippen LogP contribution >= 0.6 is 0 Å². The summed E-state index contributed by atoms with van der Waals surface area (Å²) in [5, 5.41) is 20.4. The molecule has 2 heterocycles. The molecule has 0 radical (unpaired) electrons. The topological polar surface area (TPSA) is 85.8 Å². The average Bonchev–Trinajstić information content (AvgIpc) is 2.74. The van der Waals surface area contributed by atoms with Crippen molar-refractivity contribution in [2.24, 2.45) is 7.05 Å². The highest BCUT2D eigenvalue weighted by atomic mass is 16.4. The molecule has 0 fully saturated rings. The van der Waals surface area contributed by atoms with Gasteiger partial charge in [0.1, 0.15) is 5.69 Å². The molecule has 0 saturated carbocycles. The van der Waals surface area contributed by atoms with Crippen LogP contribution in [0.3, 0.4) is 0 Å². The number of carboxylic acid groups (broad SMARTS) is 1. The van der Waals surface area contributed by atoms with E-state index in [9.17, 15) is 4.79 Å². The van der Waals surface area contributed by atoms with Crippen molar-refractivity contribution >= 4 is 5.97 Å². The SMILES string of the molecule is Cc1c(CC(=O)O)nnn1-c1cnn(C)c1. The van der Waals surface area contributed by atoms with Crippen LogP contribution in [0, 0.1) is 6.92 Å². The highest BCUT2D eigenvalue weighted by Gasteiger charge is 2.13. The molecule has 2 aromatic heterocycles. The second-order valence-electron chi connectivity index (χ2n) is 3.48. The lowest BCUT2D eigenvalue weighted by Gasteiger charge is -1.98. The van der Waals surface area contributed by atoms with Crippen LogP contribution in [-0.2, 0) is 18.3 Å². The van der Waals surface area contributed by atoms with Crippen molar-refractivity contribution in [2.75, 3.05) is 0 Å². The van der Waals surface area contributed by atoms with Gasteiger partial charge in [0.15, 0.2) is 0 Å². The maximum Gasteiger partial charge on any atom is 0.309 e. The zero-order chi connectivity index (χ0) is 11.7. The fraction of sp³-hybridized carbons (Fsp3) is 0.333. The number of hydrogen-bond donors (Lipinski definition) is 1. The molecule has 84 valence electrons. The van der Waals surface area contributed by atoms with Gasteiger partial charge < -0.3 is 5.11 Å². The van der Waals surface area contributed by atoms with E-state index < -0.39 is 5.97 Å². The lowest BCUT2D eigenvalue weighted by Crippen LogP contribution is -2.03. The molecule has 0 aromatic carbocycles. The summed E-state index contributed by atoms with van der Waals surface area (Å²) in [6.45, 7) is 1.78. The van der Waals surface area contributed by atoms with Gasteiger partial charge in [-0.25, -0.2) is 4.68 Å². The maximum atomic E-state index is 10.6. The van der Waals surface area contributed by atoms with Crippen molar-refractivity contribution in [1.82, 2.24) is 24.8 Å². The van der Waals surface area contributed by atoms with Gasteiger partial charge in [0.05, 0.1) is 30.2 Å². The molecule has 7 heteroatoms. The fourth-order valence-corrected chi connectivity index (χ4v) is 1.43. The van der Waals surface area contributed by atoms with Gasteiger partial charge in [-0.1, -0.05) is 5.21 Å². The number of hydrogen-bond acceptors (Lipinski definition) is 4. The van der Waals surface area contributed by atoms with Crippen molar-refractivity contribution in [1.29, 1.82) is 0 Å². The Bertz CT molecular complexity index is 528. The molecule has 16 heavy (non-hydrogen) atoms. The summed E-state index contributed by atoms with van der Waals surface area (Å²) >= 11 is 0. The third kappa shape index (κ3) is 1.79. The Balaban J connectivity index is 2.36. The highest BCUT2D eigenvalue weighted by Crippen LogP contribution is 2.11. The molecular weight excluding hydrogens is 210 g/mol. The van der Waals surface area contributed by atoms with Crippen LogP contribution in [0.1, 0.15) is 11.4 Å². The Morgan fingerprint density at radius 3 is 2.88 bits per heavy atom. The molecule has 0 saturated heterocycles. The normalized spacial score (nSPS) is 10.6. The lowest BCUT2D eigenvalue weighted by molar-refractivity contribution is -0.136. The van der Waals surface area contributed by atoms with Crippen LogP contribution in [0.2, 0.25) is 0 Å². The predicted octanol–water partition coefficient (Wildman–Crippen LogP) is -0.0637. The van der Waals surface area contributed by atoms with Crippen LogP contribution in [-0.4, -0.2) is 35.9 Å². The number of carboxylic acids is 1. The summed E-state index contributed by atoms with van der Waals surface area (Å²) in [4.78, 5) is 10.6. The van der Waals surface area contributed by atoms with E-state index in [2.05, 4.69) is 15.4 Å². The molecule has 7 nitrogen and oxygen atoms in total. The van der Waals surface area contributed by atoms with E-state index in [1.807, 2.05) is 0 Å². The van der Waals surface area contributed by atoms with Gasteiger partial charge in [0.25, 0.3) is 0 Å². The number of rotatable bonds is 3. The Kier molecular flexibility index (Phi) is 2.43. The van der Waals surface area contributed by atoms with E-state index in [1.54, 1.807) is 35.7 Å². The number of aryl methyl sites for hydroxylation is 1. The minimum absolute atomic E-state index is 0.119. The fourth-order valence-electron chi connectivity index (χ4n) is 1.43. The van der Waals surface area contributed by atoms with Gasteiger partial charge in [-0.2, -0.15) is 5.10 Å². The quantitative estimate of drug-likeness (QED) is 0.784. The number of nitrogens with zero attached hydrogens (tertiary/aromatic N) is 5. The monoisotopic (exact) mass is 221 g/mol. The summed E-state index contributed by atoms with van der Waals surface area (Å²) in [5.41, 5.74) is 1.95. The van der Waals surface area contributed by atoms with E-state index in [0.29, 0.717) is 5.69 Å². The third-order valence-electron chi connectivity index (χ3n) is 2.24. The molecule has 0 aliphatic carbocycles. The van der Waals surface area contributed by atoms with Crippen molar-refractivity contribution < 1.29 is 9.90 Å². The van der Waals surface area contributed by atoms with E-state index in [1.165, 1.54) is 0 Å². The highest BCUT2D eigenvalue weighted by molar-refractivity contribution is 5.69. The summed E-state index contributed by atoms with van der Waals surface area (Å²) in [5.74, 6) is -0.915. The van der Waals surface area contributed by atoms with Crippen molar-refractivity contribution in [2.45, 2.75) is 13.3 Å². The first kappa shape index (κ1) is 10.3. The van der Waals surface area contributed by atoms with Crippen LogP contribution in [0.5, 0.6) is 0 Å². The van der Waals surface area contributed by atoms with E-state index in [0.717, 1.165) is 11.4 Å². The number of aliphatic carboxylic acids is 1. The third-order valence-corrected chi connectivity index (χ3v) is 2.24. The molecule has 2 rings (SSSR count). The zero-order valence-corrected chi connectivity index (χ0v) is 8.95. The van der Waals surface area contributed by atoms with Gasteiger partial charge in [-0.3, -0.25) is 9.48 Å². The lowest BCUT2D eigenvalue weighted by atomic mass is 10.2. The Morgan fingerprint density at radius 2 is 2.31 bits per heavy atom. The molecule has 0 aliphatic heterocycles. The van der Waals surface area contributed by atoms with Crippen LogP contribution in [0.15, 0.2) is 12.4 Å². The van der Waals surface area contributed by atoms with Gasteiger partial charge in [0, 0.05) is 7.05 Å². The van der Waals surface area contributed by atoms with Crippen molar-refractivity contribution in [3.8, 4) is 5.69 Å². The average molecular weight is 221 g/mol. The second kappa shape index (κ2) is 3.76. The molecule has 0 spiro atoms. The Morgan fingerprint density at radius 1 is 1.56 bits per heavy atom.